The summed E-state index contributed by atoms with van der Waals surface area (Å²) in [6.45, 7) is 2.53. The molecule has 2 saturated carbocycles. The van der Waals surface area contributed by atoms with Gasteiger partial charge in [-0.15, -0.1) is 0 Å². The van der Waals surface area contributed by atoms with Crippen LogP contribution in [0.1, 0.15) is 13.3 Å². The van der Waals surface area contributed by atoms with Gasteiger partial charge < -0.3 is 4.74 Å². The molecule has 2 amide bonds. The monoisotopic (exact) mass is 309 g/mol. The van der Waals surface area contributed by atoms with Gasteiger partial charge in [0.05, 0.1) is 24.1 Å². The summed E-state index contributed by atoms with van der Waals surface area (Å²) in [5, 5.41) is 0. The van der Waals surface area contributed by atoms with Crippen LogP contribution >= 0.6 is 0 Å². The number of amides is 2. The zero-order valence-corrected chi connectivity index (χ0v) is 13.0. The van der Waals surface area contributed by atoms with Crippen molar-refractivity contribution in [3.8, 4) is 5.75 Å². The molecule has 6 rings (SSSR count). The first-order valence-corrected chi connectivity index (χ1v) is 8.49. The van der Waals surface area contributed by atoms with E-state index in [0.29, 0.717) is 24.1 Å². The van der Waals surface area contributed by atoms with Crippen LogP contribution in [0.15, 0.2) is 36.4 Å². The van der Waals surface area contributed by atoms with Crippen molar-refractivity contribution in [3.05, 3.63) is 36.4 Å². The van der Waals surface area contributed by atoms with Crippen molar-refractivity contribution in [2.45, 2.75) is 13.3 Å². The quantitative estimate of drug-likeness (QED) is 0.637. The summed E-state index contributed by atoms with van der Waals surface area (Å²) in [4.78, 5) is 27.3. The molecule has 1 heterocycles. The molecule has 0 radical (unpaired) electrons. The van der Waals surface area contributed by atoms with Crippen LogP contribution in [0.4, 0.5) is 5.69 Å². The summed E-state index contributed by atoms with van der Waals surface area (Å²) in [6, 6.07) is 7.28. The Balaban J connectivity index is 1.49. The van der Waals surface area contributed by atoms with Gasteiger partial charge in [0.15, 0.2) is 0 Å². The fraction of sp³-hybridized carbons (Fsp3) is 0.474. The van der Waals surface area contributed by atoms with E-state index in [-0.39, 0.29) is 35.5 Å². The second-order valence-corrected chi connectivity index (χ2v) is 7.09. The van der Waals surface area contributed by atoms with Gasteiger partial charge in [-0.3, -0.25) is 14.5 Å². The molecule has 1 saturated heterocycles. The van der Waals surface area contributed by atoms with Crippen molar-refractivity contribution in [1.29, 1.82) is 0 Å². The number of rotatable bonds is 3. The molecular weight excluding hydrogens is 290 g/mol. The molecule has 1 aliphatic heterocycles. The highest BCUT2D eigenvalue weighted by Crippen LogP contribution is 2.65. The van der Waals surface area contributed by atoms with Gasteiger partial charge in [-0.2, -0.15) is 0 Å². The normalized spacial score (nSPS) is 39.4. The van der Waals surface area contributed by atoms with E-state index < -0.39 is 0 Å². The molecule has 0 N–H and O–H groups in total. The average molecular weight is 309 g/mol. The zero-order valence-electron chi connectivity index (χ0n) is 13.0. The van der Waals surface area contributed by atoms with E-state index in [1.165, 1.54) is 11.3 Å². The van der Waals surface area contributed by atoms with Crippen molar-refractivity contribution in [2.24, 2.45) is 35.5 Å². The Morgan fingerprint density at radius 3 is 2.09 bits per heavy atom. The molecule has 0 unspecified atom stereocenters. The zero-order chi connectivity index (χ0) is 15.7. The van der Waals surface area contributed by atoms with Crippen molar-refractivity contribution < 1.29 is 14.3 Å². The van der Waals surface area contributed by atoms with E-state index in [0.717, 1.165) is 5.75 Å². The lowest BCUT2D eigenvalue weighted by molar-refractivity contribution is -0.124. The van der Waals surface area contributed by atoms with Gasteiger partial charge in [0.25, 0.3) is 0 Å². The van der Waals surface area contributed by atoms with Gasteiger partial charge in [-0.05, 0) is 61.3 Å². The minimum absolute atomic E-state index is 0.00569. The molecule has 4 nitrogen and oxygen atoms in total. The van der Waals surface area contributed by atoms with Crippen LogP contribution in [0.2, 0.25) is 0 Å². The summed E-state index contributed by atoms with van der Waals surface area (Å²) in [5.74, 6) is 2.32. The van der Waals surface area contributed by atoms with Gasteiger partial charge in [-0.1, -0.05) is 12.2 Å². The molecule has 0 spiro atoms. The maximum absolute atomic E-state index is 13.0. The molecule has 3 fully saturated rings. The minimum Gasteiger partial charge on any atom is -0.494 e. The molecule has 23 heavy (non-hydrogen) atoms. The Hall–Kier alpha value is -2.10. The fourth-order valence-electron chi connectivity index (χ4n) is 5.07. The SMILES string of the molecule is CCOc1ccc(N2C(=O)[C@@H]3[C@@H]4C=C[C@H]([C@@H]5C[C@H]45)[C@H]3C2=O)cc1. The van der Waals surface area contributed by atoms with E-state index >= 15 is 0 Å². The predicted molar refractivity (Wildman–Crippen MR) is 84.8 cm³/mol. The highest BCUT2D eigenvalue weighted by molar-refractivity contribution is 6.22. The first-order valence-electron chi connectivity index (χ1n) is 8.49. The lowest BCUT2D eigenvalue weighted by Crippen LogP contribution is -2.40. The smallest absolute Gasteiger partial charge is 0.238 e. The van der Waals surface area contributed by atoms with Crippen LogP contribution in [-0.2, 0) is 9.59 Å². The first kappa shape index (κ1) is 13.3. The number of anilines is 1. The van der Waals surface area contributed by atoms with E-state index in [9.17, 15) is 9.59 Å². The molecule has 4 aliphatic carbocycles. The lowest BCUT2D eigenvalue weighted by Gasteiger charge is -2.37. The van der Waals surface area contributed by atoms with Crippen molar-refractivity contribution in [1.82, 2.24) is 0 Å². The third kappa shape index (κ3) is 1.66. The van der Waals surface area contributed by atoms with Crippen molar-refractivity contribution >= 4 is 17.5 Å². The molecule has 0 aromatic heterocycles. The number of hydrogen-bond donors (Lipinski definition) is 0. The molecular formula is C19H19NO3. The van der Waals surface area contributed by atoms with Crippen molar-refractivity contribution in [3.63, 3.8) is 0 Å². The van der Waals surface area contributed by atoms with E-state index in [4.69, 9.17) is 4.74 Å². The second-order valence-electron chi connectivity index (χ2n) is 7.09. The summed E-state index contributed by atoms with van der Waals surface area (Å²) in [5.41, 5.74) is 0.672. The molecule has 118 valence electrons. The number of carbonyl (C=O) groups excluding carboxylic acids is 2. The largest absolute Gasteiger partial charge is 0.494 e. The molecule has 2 bridgehead atoms. The number of nitrogens with zero attached hydrogens (tertiary/aromatic N) is 1. The average Bonchev–Trinajstić information content (AvgIpc) is 3.34. The van der Waals surface area contributed by atoms with Crippen LogP contribution in [-0.4, -0.2) is 18.4 Å². The highest BCUT2D eigenvalue weighted by Gasteiger charge is 2.67. The van der Waals surface area contributed by atoms with Crippen LogP contribution in [0.25, 0.3) is 0 Å². The molecule has 1 aromatic carbocycles. The maximum atomic E-state index is 13.0. The number of imide groups is 1. The van der Waals surface area contributed by atoms with Gasteiger partial charge in [0.1, 0.15) is 5.75 Å². The number of ether oxygens (including phenoxy) is 1. The van der Waals surface area contributed by atoms with Crippen LogP contribution in [0.5, 0.6) is 5.75 Å². The number of hydrogen-bond acceptors (Lipinski definition) is 3. The summed E-state index contributed by atoms with van der Waals surface area (Å²) >= 11 is 0. The van der Waals surface area contributed by atoms with Gasteiger partial charge in [-0.25, -0.2) is 0 Å². The van der Waals surface area contributed by atoms with E-state index in [1.807, 2.05) is 31.2 Å². The number of allylic oxidation sites excluding steroid dienone is 2. The molecule has 5 aliphatic rings. The Morgan fingerprint density at radius 2 is 1.57 bits per heavy atom. The summed E-state index contributed by atoms with van der Waals surface area (Å²) in [7, 11) is 0. The topological polar surface area (TPSA) is 46.6 Å². The second kappa shape index (κ2) is 4.47. The number of benzene rings is 1. The third-order valence-electron chi connectivity index (χ3n) is 6.07. The minimum atomic E-state index is -0.132. The van der Waals surface area contributed by atoms with Gasteiger partial charge in [0, 0.05) is 0 Å². The van der Waals surface area contributed by atoms with E-state index in [1.54, 1.807) is 0 Å². The third-order valence-corrected chi connectivity index (χ3v) is 6.07. The molecule has 1 aromatic rings. The Kier molecular flexibility index (Phi) is 2.59. The van der Waals surface area contributed by atoms with Crippen LogP contribution in [0.3, 0.4) is 0 Å². The van der Waals surface area contributed by atoms with Gasteiger partial charge in [0.2, 0.25) is 11.8 Å². The Bertz CT molecular complexity index is 687. The summed E-state index contributed by atoms with van der Waals surface area (Å²) in [6.07, 6.45) is 5.60. The number of carbonyl (C=O) groups is 2. The molecule has 6 atom stereocenters. The predicted octanol–water partition coefficient (Wildman–Crippen LogP) is 2.64. The molecule has 4 heteroatoms. The Morgan fingerprint density at radius 1 is 1.00 bits per heavy atom. The maximum Gasteiger partial charge on any atom is 0.238 e. The van der Waals surface area contributed by atoms with Gasteiger partial charge >= 0.3 is 0 Å². The Labute approximate surface area is 135 Å². The summed E-state index contributed by atoms with van der Waals surface area (Å²) < 4.78 is 5.44. The van der Waals surface area contributed by atoms with Crippen LogP contribution in [0, 0.1) is 35.5 Å². The van der Waals surface area contributed by atoms with Crippen LogP contribution < -0.4 is 9.64 Å². The lowest BCUT2D eigenvalue weighted by atomic mass is 9.63. The first-order chi connectivity index (χ1) is 11.2. The van der Waals surface area contributed by atoms with E-state index in [2.05, 4.69) is 12.2 Å². The highest BCUT2D eigenvalue weighted by atomic mass is 16.5. The fourth-order valence-corrected chi connectivity index (χ4v) is 5.07. The van der Waals surface area contributed by atoms with Crippen molar-refractivity contribution in [2.75, 3.05) is 11.5 Å². The standard InChI is InChI=1S/C19H19NO3/c1-2-23-11-5-3-10(4-6-11)20-18(21)16-12-7-8-13(15-9-14(12)15)17(16)19(20)22/h3-8,12-17H,2,9H2,1H3/t12-,13-,14-,15+,16-,17-/m1/s1.